The van der Waals surface area contributed by atoms with Gasteiger partial charge in [-0.05, 0) is 24.3 Å². The SMILES string of the molecule is COCc1cc(N2C[C@H](O)C[C@H](O)C2)c2cc(F)ccc2n1. The topological polar surface area (TPSA) is 65.8 Å². The number of methoxy groups -OCH3 is 1. The van der Waals surface area contributed by atoms with Gasteiger partial charge in [-0.25, -0.2) is 4.39 Å². The van der Waals surface area contributed by atoms with Crippen molar-refractivity contribution in [1.29, 1.82) is 0 Å². The summed E-state index contributed by atoms with van der Waals surface area (Å²) >= 11 is 0. The van der Waals surface area contributed by atoms with Crippen molar-refractivity contribution < 1.29 is 19.3 Å². The van der Waals surface area contributed by atoms with Crippen LogP contribution in [-0.2, 0) is 11.3 Å². The fraction of sp³-hybridized carbons (Fsp3) is 0.438. The molecule has 5 nitrogen and oxygen atoms in total. The molecule has 0 amide bonds. The summed E-state index contributed by atoms with van der Waals surface area (Å²) in [6.45, 7) is 1.15. The van der Waals surface area contributed by atoms with E-state index in [-0.39, 0.29) is 5.82 Å². The molecule has 6 heteroatoms. The van der Waals surface area contributed by atoms with E-state index >= 15 is 0 Å². The van der Waals surface area contributed by atoms with Crippen molar-refractivity contribution in [2.45, 2.75) is 25.2 Å². The molecule has 2 heterocycles. The van der Waals surface area contributed by atoms with Crippen molar-refractivity contribution in [1.82, 2.24) is 4.98 Å². The molecule has 2 N–H and O–H groups in total. The fourth-order valence-corrected chi connectivity index (χ4v) is 2.96. The van der Waals surface area contributed by atoms with Gasteiger partial charge in [0.1, 0.15) is 5.82 Å². The number of hydrogen-bond acceptors (Lipinski definition) is 5. The second kappa shape index (κ2) is 6.16. The highest BCUT2D eigenvalue weighted by Gasteiger charge is 2.26. The van der Waals surface area contributed by atoms with Gasteiger partial charge >= 0.3 is 0 Å². The number of β-amino-alcohol motifs (C(OH)–C–C–N with tert-alkyl or cyclic N) is 2. The maximum absolute atomic E-state index is 13.6. The fourth-order valence-electron chi connectivity index (χ4n) is 2.96. The Labute approximate surface area is 128 Å². The monoisotopic (exact) mass is 306 g/mol. The number of aliphatic hydroxyl groups is 2. The molecule has 3 rings (SSSR count). The molecule has 1 aliphatic rings. The number of nitrogens with zero attached hydrogens (tertiary/aromatic N) is 2. The Morgan fingerprint density at radius 2 is 2.00 bits per heavy atom. The molecular formula is C16H19FN2O3. The lowest BCUT2D eigenvalue weighted by atomic mass is 10.0. The summed E-state index contributed by atoms with van der Waals surface area (Å²) in [5.41, 5.74) is 2.15. The zero-order chi connectivity index (χ0) is 15.7. The first-order valence-electron chi connectivity index (χ1n) is 7.26. The number of pyridine rings is 1. The number of aromatic nitrogens is 1. The molecule has 1 aromatic carbocycles. The van der Waals surface area contributed by atoms with Crippen LogP contribution in [0.3, 0.4) is 0 Å². The van der Waals surface area contributed by atoms with Crippen molar-refractivity contribution in [2.24, 2.45) is 0 Å². The van der Waals surface area contributed by atoms with Crippen LogP contribution in [0.4, 0.5) is 10.1 Å². The second-order valence-electron chi connectivity index (χ2n) is 5.68. The van der Waals surface area contributed by atoms with Crippen LogP contribution in [0.2, 0.25) is 0 Å². The first-order chi connectivity index (χ1) is 10.6. The standard InChI is InChI=1S/C16H19FN2O3/c1-22-9-11-5-16(19-7-12(20)6-13(21)8-19)14-4-10(17)2-3-15(14)18-11/h2-5,12-13,20-21H,6-9H2,1H3/t12-,13+. The van der Waals surface area contributed by atoms with Crippen molar-refractivity contribution >= 4 is 16.6 Å². The van der Waals surface area contributed by atoms with E-state index in [1.165, 1.54) is 12.1 Å². The number of rotatable bonds is 3. The molecule has 0 aliphatic carbocycles. The third-order valence-corrected chi connectivity index (χ3v) is 3.84. The van der Waals surface area contributed by atoms with Gasteiger partial charge in [-0.15, -0.1) is 0 Å². The van der Waals surface area contributed by atoms with Gasteiger partial charge in [-0.1, -0.05) is 0 Å². The molecule has 0 saturated carbocycles. The number of anilines is 1. The molecule has 2 aromatic rings. The van der Waals surface area contributed by atoms with Crippen LogP contribution in [0, 0.1) is 5.82 Å². The van der Waals surface area contributed by atoms with Crippen molar-refractivity contribution in [3.63, 3.8) is 0 Å². The van der Waals surface area contributed by atoms with Crippen LogP contribution in [0.1, 0.15) is 12.1 Å². The Morgan fingerprint density at radius 1 is 1.27 bits per heavy atom. The molecule has 1 aliphatic heterocycles. The molecule has 0 bridgehead atoms. The first-order valence-corrected chi connectivity index (χ1v) is 7.26. The predicted octanol–water partition coefficient (Wildman–Crippen LogP) is 1.45. The molecule has 0 unspecified atom stereocenters. The smallest absolute Gasteiger partial charge is 0.124 e. The minimum atomic E-state index is -0.605. The molecule has 1 aromatic heterocycles. The Bertz CT molecular complexity index is 670. The number of ether oxygens (including phenoxy) is 1. The summed E-state index contributed by atoms with van der Waals surface area (Å²) in [4.78, 5) is 6.33. The van der Waals surface area contributed by atoms with Gasteiger partial charge in [0.15, 0.2) is 0 Å². The maximum atomic E-state index is 13.6. The minimum Gasteiger partial charge on any atom is -0.391 e. The van der Waals surface area contributed by atoms with Gasteiger partial charge in [-0.2, -0.15) is 0 Å². The van der Waals surface area contributed by atoms with Gasteiger partial charge in [0.05, 0.1) is 30.0 Å². The normalized spacial score (nSPS) is 22.3. The maximum Gasteiger partial charge on any atom is 0.124 e. The Hall–Kier alpha value is -1.76. The van der Waals surface area contributed by atoms with E-state index in [4.69, 9.17) is 4.74 Å². The summed E-state index contributed by atoms with van der Waals surface area (Å²) in [5, 5.41) is 20.5. The Morgan fingerprint density at radius 3 is 2.68 bits per heavy atom. The Kier molecular flexibility index (Phi) is 4.24. The van der Waals surface area contributed by atoms with Gasteiger partial charge in [-0.3, -0.25) is 4.98 Å². The second-order valence-corrected chi connectivity index (χ2v) is 5.68. The molecule has 0 radical (unpaired) electrons. The van der Waals surface area contributed by atoms with Crippen LogP contribution < -0.4 is 4.90 Å². The van der Waals surface area contributed by atoms with E-state index in [1.807, 2.05) is 11.0 Å². The highest BCUT2D eigenvalue weighted by Crippen LogP contribution is 2.30. The van der Waals surface area contributed by atoms with Crippen LogP contribution in [0.25, 0.3) is 10.9 Å². The minimum absolute atomic E-state index is 0.340. The van der Waals surface area contributed by atoms with Crippen LogP contribution in [0.15, 0.2) is 24.3 Å². The van der Waals surface area contributed by atoms with Crippen LogP contribution >= 0.6 is 0 Å². The summed E-state index contributed by atoms with van der Waals surface area (Å²) in [5.74, 6) is -0.340. The summed E-state index contributed by atoms with van der Waals surface area (Å²) < 4.78 is 18.7. The zero-order valence-electron chi connectivity index (χ0n) is 12.4. The molecule has 118 valence electrons. The largest absolute Gasteiger partial charge is 0.391 e. The van der Waals surface area contributed by atoms with E-state index in [1.54, 1.807) is 13.2 Å². The lowest BCUT2D eigenvalue weighted by Gasteiger charge is -2.35. The zero-order valence-corrected chi connectivity index (χ0v) is 12.4. The predicted molar refractivity (Wildman–Crippen MR) is 81.3 cm³/mol. The lowest BCUT2D eigenvalue weighted by molar-refractivity contribution is 0.0652. The third-order valence-electron chi connectivity index (χ3n) is 3.84. The van der Waals surface area contributed by atoms with E-state index < -0.39 is 12.2 Å². The van der Waals surface area contributed by atoms with E-state index in [0.29, 0.717) is 37.0 Å². The average Bonchev–Trinajstić information content (AvgIpc) is 2.46. The van der Waals surface area contributed by atoms with Gasteiger partial charge in [0.2, 0.25) is 0 Å². The molecule has 0 spiro atoms. The van der Waals surface area contributed by atoms with E-state index in [2.05, 4.69) is 4.98 Å². The van der Waals surface area contributed by atoms with E-state index in [9.17, 15) is 14.6 Å². The lowest BCUT2D eigenvalue weighted by Crippen LogP contribution is -2.45. The molecule has 1 fully saturated rings. The number of halogens is 1. The number of fused-ring (bicyclic) bond motifs is 1. The van der Waals surface area contributed by atoms with Crippen molar-refractivity contribution in [2.75, 3.05) is 25.1 Å². The van der Waals surface area contributed by atoms with E-state index in [0.717, 1.165) is 11.4 Å². The Balaban J connectivity index is 2.10. The number of piperidine rings is 1. The molecule has 1 saturated heterocycles. The van der Waals surface area contributed by atoms with Crippen LogP contribution in [-0.4, -0.2) is 47.6 Å². The van der Waals surface area contributed by atoms with Gasteiger partial charge in [0.25, 0.3) is 0 Å². The van der Waals surface area contributed by atoms with Crippen LogP contribution in [0.5, 0.6) is 0 Å². The molecule has 2 atom stereocenters. The van der Waals surface area contributed by atoms with Crippen molar-refractivity contribution in [3.05, 3.63) is 35.8 Å². The summed E-state index contributed by atoms with van der Waals surface area (Å²) in [6, 6.07) is 6.26. The summed E-state index contributed by atoms with van der Waals surface area (Å²) in [7, 11) is 1.59. The van der Waals surface area contributed by atoms with Gasteiger partial charge in [0, 0.05) is 37.7 Å². The first kappa shape index (κ1) is 15.1. The number of hydrogen-bond donors (Lipinski definition) is 2. The third kappa shape index (κ3) is 3.04. The quantitative estimate of drug-likeness (QED) is 0.898. The average molecular weight is 306 g/mol. The highest BCUT2D eigenvalue weighted by molar-refractivity contribution is 5.92. The molecule has 22 heavy (non-hydrogen) atoms. The highest BCUT2D eigenvalue weighted by atomic mass is 19.1. The molecular weight excluding hydrogens is 287 g/mol. The van der Waals surface area contributed by atoms with Gasteiger partial charge < -0.3 is 19.8 Å². The number of aliphatic hydroxyl groups excluding tert-OH is 2. The van der Waals surface area contributed by atoms with Crippen molar-refractivity contribution in [3.8, 4) is 0 Å². The summed E-state index contributed by atoms with van der Waals surface area (Å²) in [6.07, 6.45) is -0.850. The number of benzene rings is 1.